The second-order valence-corrected chi connectivity index (χ2v) is 6.27. The minimum Gasteiger partial charge on any atom is -0.478 e. The van der Waals surface area contributed by atoms with Crippen LogP contribution in [0.3, 0.4) is 0 Å². The van der Waals surface area contributed by atoms with Gasteiger partial charge >= 0.3 is 5.97 Å². The largest absolute Gasteiger partial charge is 0.478 e. The van der Waals surface area contributed by atoms with Gasteiger partial charge in [0.05, 0.1) is 5.56 Å². The molecule has 0 bridgehead atoms. The van der Waals surface area contributed by atoms with Gasteiger partial charge in [-0.15, -0.1) is 0 Å². The van der Waals surface area contributed by atoms with E-state index in [0.717, 1.165) is 0 Å². The second-order valence-electron chi connectivity index (χ2n) is 6.27. The molecule has 3 rings (SSSR count). The maximum absolute atomic E-state index is 10.9. The highest BCUT2D eigenvalue weighted by Gasteiger charge is 2.11. The monoisotopic (exact) mass is 364 g/mol. The minimum atomic E-state index is -0.984. The van der Waals surface area contributed by atoms with Gasteiger partial charge in [-0.05, 0) is 47.9 Å². The third-order valence-corrected chi connectivity index (χ3v) is 4.00. The van der Waals surface area contributed by atoms with Gasteiger partial charge in [0.15, 0.2) is 5.82 Å². The molecule has 0 spiro atoms. The Labute approximate surface area is 156 Å². The molecule has 0 saturated heterocycles. The fraction of sp³-hybridized carbons (Fsp3) is 0.150. The Morgan fingerprint density at radius 1 is 1.07 bits per heavy atom. The molecule has 7 nitrogen and oxygen atoms in total. The van der Waals surface area contributed by atoms with Crippen molar-refractivity contribution in [3.8, 4) is 11.6 Å². The molecule has 0 aliphatic rings. The van der Waals surface area contributed by atoms with Gasteiger partial charge in [0.25, 0.3) is 0 Å². The number of carboxylic acid groups (broad SMARTS) is 1. The summed E-state index contributed by atoms with van der Waals surface area (Å²) in [6.07, 6.45) is 1.35. The van der Waals surface area contributed by atoms with Gasteiger partial charge < -0.3 is 20.9 Å². The van der Waals surface area contributed by atoms with Gasteiger partial charge in [-0.25, -0.2) is 9.78 Å². The van der Waals surface area contributed by atoms with Crippen molar-refractivity contribution in [3.63, 3.8) is 0 Å². The van der Waals surface area contributed by atoms with Gasteiger partial charge in [-0.2, -0.15) is 4.98 Å². The first kappa shape index (κ1) is 18.2. The van der Waals surface area contributed by atoms with Crippen LogP contribution in [0.5, 0.6) is 11.6 Å². The average molecular weight is 364 g/mol. The number of nitrogens with zero attached hydrogens (tertiary/aromatic N) is 2. The fourth-order valence-corrected chi connectivity index (χ4v) is 2.43. The molecule has 3 aromatic rings. The molecule has 0 amide bonds. The second kappa shape index (κ2) is 7.74. The molecule has 1 heterocycles. The van der Waals surface area contributed by atoms with E-state index in [1.54, 1.807) is 12.1 Å². The highest BCUT2D eigenvalue weighted by Crippen LogP contribution is 2.31. The SMILES string of the molecule is CC(C)c1ccc(Oc2ncnc(Nc3ccc(C(=O)O)cc3)c2N)cc1. The van der Waals surface area contributed by atoms with Crippen LogP contribution in [0.4, 0.5) is 17.2 Å². The van der Waals surface area contributed by atoms with Gasteiger partial charge in [-0.3, -0.25) is 0 Å². The first-order valence-corrected chi connectivity index (χ1v) is 8.42. The van der Waals surface area contributed by atoms with Gasteiger partial charge in [-0.1, -0.05) is 26.0 Å². The molecule has 4 N–H and O–H groups in total. The summed E-state index contributed by atoms with van der Waals surface area (Å²) in [5.41, 5.74) is 8.45. The molecule has 27 heavy (non-hydrogen) atoms. The summed E-state index contributed by atoms with van der Waals surface area (Å²) in [6.45, 7) is 4.25. The molecule has 0 atom stereocenters. The van der Waals surface area contributed by atoms with Crippen molar-refractivity contribution < 1.29 is 14.6 Å². The van der Waals surface area contributed by atoms with Gasteiger partial charge in [0, 0.05) is 5.69 Å². The number of rotatable bonds is 6. The zero-order valence-corrected chi connectivity index (χ0v) is 15.0. The number of carboxylic acids is 1. The van der Waals surface area contributed by atoms with Crippen LogP contribution in [-0.4, -0.2) is 21.0 Å². The fourth-order valence-electron chi connectivity index (χ4n) is 2.43. The molecule has 2 aromatic carbocycles. The third-order valence-electron chi connectivity index (χ3n) is 4.00. The summed E-state index contributed by atoms with van der Waals surface area (Å²) in [5, 5.41) is 12.0. The summed E-state index contributed by atoms with van der Waals surface area (Å²) in [7, 11) is 0. The van der Waals surface area contributed by atoms with Crippen LogP contribution in [0, 0.1) is 0 Å². The van der Waals surface area contributed by atoms with E-state index >= 15 is 0 Å². The standard InChI is InChI=1S/C20H20N4O3/c1-12(2)13-5-9-16(10-6-13)27-19-17(21)18(22-11-23-19)24-15-7-3-14(4-8-15)20(25)26/h3-12H,21H2,1-2H3,(H,25,26)(H,22,23,24). The number of aromatic carboxylic acids is 1. The third kappa shape index (κ3) is 4.33. The maximum atomic E-state index is 10.9. The molecule has 1 aromatic heterocycles. The first-order valence-electron chi connectivity index (χ1n) is 8.42. The summed E-state index contributed by atoms with van der Waals surface area (Å²) < 4.78 is 5.78. The minimum absolute atomic E-state index is 0.199. The average Bonchev–Trinajstić information content (AvgIpc) is 2.66. The van der Waals surface area contributed by atoms with Crippen LogP contribution in [0.25, 0.3) is 0 Å². The Morgan fingerprint density at radius 2 is 1.74 bits per heavy atom. The topological polar surface area (TPSA) is 110 Å². The molecule has 0 unspecified atom stereocenters. The molecule has 0 saturated carbocycles. The Kier molecular flexibility index (Phi) is 5.21. The van der Waals surface area contributed by atoms with Crippen LogP contribution in [0.2, 0.25) is 0 Å². The van der Waals surface area contributed by atoms with Crippen LogP contribution in [0.15, 0.2) is 54.9 Å². The molecular formula is C20H20N4O3. The van der Waals surface area contributed by atoms with E-state index in [1.165, 1.54) is 24.0 Å². The lowest BCUT2D eigenvalue weighted by atomic mass is 10.0. The molecular weight excluding hydrogens is 344 g/mol. The highest BCUT2D eigenvalue weighted by molar-refractivity contribution is 5.88. The van der Waals surface area contributed by atoms with Crippen molar-refractivity contribution in [2.24, 2.45) is 0 Å². The smallest absolute Gasteiger partial charge is 0.335 e. The molecule has 0 fully saturated rings. The van der Waals surface area contributed by atoms with E-state index in [1.807, 2.05) is 24.3 Å². The number of hydrogen-bond acceptors (Lipinski definition) is 6. The van der Waals surface area contributed by atoms with E-state index in [0.29, 0.717) is 23.2 Å². The lowest BCUT2D eigenvalue weighted by molar-refractivity contribution is 0.0697. The Morgan fingerprint density at radius 3 is 2.33 bits per heavy atom. The van der Waals surface area contributed by atoms with E-state index < -0.39 is 5.97 Å². The van der Waals surface area contributed by atoms with Crippen molar-refractivity contribution in [1.82, 2.24) is 9.97 Å². The van der Waals surface area contributed by atoms with Crippen LogP contribution in [-0.2, 0) is 0 Å². The number of hydrogen-bond donors (Lipinski definition) is 3. The van der Waals surface area contributed by atoms with Crippen LogP contribution >= 0.6 is 0 Å². The summed E-state index contributed by atoms with van der Waals surface area (Å²) in [6, 6.07) is 14.0. The Hall–Kier alpha value is -3.61. The summed E-state index contributed by atoms with van der Waals surface area (Å²) in [5.74, 6) is 0.698. The zero-order valence-electron chi connectivity index (χ0n) is 15.0. The van der Waals surface area contributed by atoms with Crippen LogP contribution < -0.4 is 15.8 Å². The van der Waals surface area contributed by atoms with Gasteiger partial charge in [0.2, 0.25) is 5.88 Å². The Bertz CT molecular complexity index is 938. The molecule has 0 aliphatic heterocycles. The summed E-state index contributed by atoms with van der Waals surface area (Å²) in [4.78, 5) is 19.1. The van der Waals surface area contributed by atoms with Crippen molar-refractivity contribution in [3.05, 3.63) is 66.0 Å². The zero-order chi connectivity index (χ0) is 19.4. The number of benzene rings is 2. The number of nitrogens with two attached hydrogens (primary N) is 1. The normalized spacial score (nSPS) is 10.6. The Balaban J connectivity index is 1.78. The van der Waals surface area contributed by atoms with E-state index in [2.05, 4.69) is 29.1 Å². The van der Waals surface area contributed by atoms with Crippen LogP contribution in [0.1, 0.15) is 35.7 Å². The highest BCUT2D eigenvalue weighted by atomic mass is 16.5. The first-order chi connectivity index (χ1) is 12.9. The van der Waals surface area contributed by atoms with E-state index in [-0.39, 0.29) is 17.1 Å². The lowest BCUT2D eigenvalue weighted by Gasteiger charge is -2.12. The van der Waals surface area contributed by atoms with E-state index in [4.69, 9.17) is 15.6 Å². The molecule has 0 radical (unpaired) electrons. The lowest BCUT2D eigenvalue weighted by Crippen LogP contribution is -2.03. The van der Waals surface area contributed by atoms with Crippen molar-refractivity contribution in [1.29, 1.82) is 0 Å². The van der Waals surface area contributed by atoms with Crippen molar-refractivity contribution in [2.75, 3.05) is 11.1 Å². The van der Waals surface area contributed by atoms with E-state index in [9.17, 15) is 4.79 Å². The quantitative estimate of drug-likeness (QED) is 0.594. The number of ether oxygens (including phenoxy) is 1. The van der Waals surface area contributed by atoms with Crippen molar-refractivity contribution >= 4 is 23.2 Å². The predicted molar refractivity (Wildman–Crippen MR) is 104 cm³/mol. The number of nitrogens with one attached hydrogen (secondary N) is 1. The molecule has 138 valence electrons. The number of anilines is 3. The van der Waals surface area contributed by atoms with Crippen molar-refractivity contribution in [2.45, 2.75) is 19.8 Å². The number of carbonyl (C=O) groups is 1. The van der Waals surface area contributed by atoms with Gasteiger partial charge in [0.1, 0.15) is 17.8 Å². The summed E-state index contributed by atoms with van der Waals surface area (Å²) >= 11 is 0. The predicted octanol–water partition coefficient (Wildman–Crippen LogP) is 4.42. The molecule has 7 heteroatoms. The number of aromatic nitrogens is 2. The maximum Gasteiger partial charge on any atom is 0.335 e. The number of nitrogen functional groups attached to an aromatic ring is 1. The molecule has 0 aliphatic carbocycles.